The smallest absolute Gasteiger partial charge is 0.273 e. The first kappa shape index (κ1) is 15.4. The second-order valence-corrected chi connectivity index (χ2v) is 6.63. The van der Waals surface area contributed by atoms with Gasteiger partial charge >= 0.3 is 0 Å². The maximum atomic E-state index is 12.4. The van der Waals surface area contributed by atoms with Crippen molar-refractivity contribution in [1.29, 1.82) is 0 Å². The lowest BCUT2D eigenvalue weighted by molar-refractivity contribution is 0.0926. The second kappa shape index (κ2) is 6.75. The van der Waals surface area contributed by atoms with Crippen molar-refractivity contribution < 1.29 is 4.79 Å². The molecule has 1 aliphatic carbocycles. The van der Waals surface area contributed by atoms with Crippen LogP contribution in [0.4, 0.5) is 0 Å². The van der Waals surface area contributed by atoms with Crippen LogP contribution in [0.5, 0.6) is 0 Å². The number of nitrogens with one attached hydrogen (secondary N) is 3. The summed E-state index contributed by atoms with van der Waals surface area (Å²) >= 11 is 0. The lowest BCUT2D eigenvalue weighted by atomic mass is 10.0. The van der Waals surface area contributed by atoms with E-state index in [2.05, 4.69) is 33.4 Å². The first-order valence-corrected chi connectivity index (χ1v) is 8.71. The first-order valence-electron chi connectivity index (χ1n) is 8.71. The lowest BCUT2D eigenvalue weighted by Gasteiger charge is -2.11. The Kier molecular flexibility index (Phi) is 4.32. The summed E-state index contributed by atoms with van der Waals surface area (Å²) in [4.78, 5) is 12.4. The molecule has 2 aromatic rings. The molecular formula is C18H23N5O. The van der Waals surface area contributed by atoms with Gasteiger partial charge in [-0.15, -0.1) is 0 Å². The number of aromatic nitrogens is 2. The Morgan fingerprint density at radius 1 is 1.12 bits per heavy atom. The van der Waals surface area contributed by atoms with E-state index in [1.165, 1.54) is 18.4 Å². The number of rotatable bonds is 4. The Bertz CT molecular complexity index is 692. The highest BCUT2D eigenvalue weighted by Crippen LogP contribution is 2.28. The summed E-state index contributed by atoms with van der Waals surface area (Å²) in [6.07, 6.45) is 7.47. The van der Waals surface area contributed by atoms with Crippen LogP contribution in [0.1, 0.15) is 60.2 Å². The van der Waals surface area contributed by atoms with Crippen molar-refractivity contribution >= 4 is 5.91 Å². The molecule has 24 heavy (non-hydrogen) atoms. The number of carbonyl (C=O) groups is 1. The van der Waals surface area contributed by atoms with Crippen LogP contribution in [0.25, 0.3) is 0 Å². The normalized spacial score (nSPS) is 24.3. The molecule has 0 radical (unpaired) electrons. The number of amides is 1. The van der Waals surface area contributed by atoms with Crippen LogP contribution in [-0.2, 0) is 0 Å². The molecule has 1 aliphatic heterocycles. The van der Waals surface area contributed by atoms with Crippen LogP contribution < -0.4 is 16.2 Å². The van der Waals surface area contributed by atoms with Gasteiger partial charge in [0.25, 0.3) is 5.91 Å². The fourth-order valence-corrected chi connectivity index (χ4v) is 3.62. The van der Waals surface area contributed by atoms with Crippen molar-refractivity contribution in [3.8, 4) is 0 Å². The van der Waals surface area contributed by atoms with Crippen molar-refractivity contribution in [2.45, 2.75) is 50.4 Å². The molecule has 1 aromatic carbocycles. The van der Waals surface area contributed by atoms with E-state index in [1.54, 1.807) is 0 Å². The van der Waals surface area contributed by atoms with Gasteiger partial charge in [0.2, 0.25) is 0 Å². The average Bonchev–Trinajstić information content (AvgIpc) is 3.36. The van der Waals surface area contributed by atoms with Crippen molar-refractivity contribution in [3.63, 3.8) is 0 Å². The summed E-state index contributed by atoms with van der Waals surface area (Å²) in [7, 11) is 0. The first-order chi connectivity index (χ1) is 11.8. The number of carbonyl (C=O) groups excluding carboxylic acids is 1. The molecule has 1 amide bonds. The Morgan fingerprint density at radius 3 is 2.71 bits per heavy atom. The number of hydrogen-bond donors (Lipinski definition) is 3. The summed E-state index contributed by atoms with van der Waals surface area (Å²) in [6.45, 7) is 0. The Balaban J connectivity index is 1.35. The Hall–Kier alpha value is -2.18. The number of benzene rings is 1. The van der Waals surface area contributed by atoms with Gasteiger partial charge in [0.05, 0.1) is 12.2 Å². The summed E-state index contributed by atoms with van der Waals surface area (Å²) in [5.74, 6) is -0.125. The minimum absolute atomic E-state index is 0.0978. The van der Waals surface area contributed by atoms with Crippen LogP contribution in [0.15, 0.2) is 42.6 Å². The van der Waals surface area contributed by atoms with Gasteiger partial charge in [0.15, 0.2) is 0 Å². The standard InChI is InChI=1S/C18H23N5O/c24-18(15-10-11-23(22-15)14-8-4-5-9-14)19-17-12-16(20-21-17)13-6-2-1-3-7-13/h1-3,6-7,10-11,14,16-17,20-21H,4-5,8-9,12H2,(H,19,24). The highest BCUT2D eigenvalue weighted by Gasteiger charge is 2.27. The molecule has 6 heteroatoms. The van der Waals surface area contributed by atoms with Crippen LogP contribution in [0, 0.1) is 0 Å². The summed E-state index contributed by atoms with van der Waals surface area (Å²) in [6, 6.07) is 12.7. The van der Waals surface area contributed by atoms with Gasteiger partial charge in [-0.1, -0.05) is 43.2 Å². The monoisotopic (exact) mass is 325 g/mol. The zero-order valence-electron chi connectivity index (χ0n) is 13.6. The fraction of sp³-hybridized carbons (Fsp3) is 0.444. The minimum Gasteiger partial charge on any atom is -0.334 e. The molecule has 2 heterocycles. The molecule has 2 atom stereocenters. The third-order valence-electron chi connectivity index (χ3n) is 4.95. The minimum atomic E-state index is -0.125. The predicted octanol–water partition coefficient (Wildman–Crippen LogP) is 2.29. The molecule has 4 rings (SSSR count). The topological polar surface area (TPSA) is 71.0 Å². The molecular weight excluding hydrogens is 302 g/mol. The summed E-state index contributed by atoms with van der Waals surface area (Å²) in [5, 5.41) is 7.48. The summed E-state index contributed by atoms with van der Waals surface area (Å²) in [5.41, 5.74) is 8.10. The molecule has 6 nitrogen and oxygen atoms in total. The third-order valence-corrected chi connectivity index (χ3v) is 4.95. The zero-order valence-corrected chi connectivity index (χ0v) is 13.6. The largest absolute Gasteiger partial charge is 0.334 e. The highest BCUT2D eigenvalue weighted by molar-refractivity contribution is 5.92. The van der Waals surface area contributed by atoms with E-state index < -0.39 is 0 Å². The van der Waals surface area contributed by atoms with Crippen molar-refractivity contribution in [1.82, 2.24) is 25.9 Å². The van der Waals surface area contributed by atoms with E-state index in [0.29, 0.717) is 11.7 Å². The van der Waals surface area contributed by atoms with E-state index in [1.807, 2.05) is 35.1 Å². The van der Waals surface area contributed by atoms with Gasteiger partial charge in [-0.25, -0.2) is 10.9 Å². The van der Waals surface area contributed by atoms with Gasteiger partial charge in [-0.2, -0.15) is 5.10 Å². The third kappa shape index (κ3) is 3.20. The van der Waals surface area contributed by atoms with E-state index in [9.17, 15) is 4.79 Å². The molecule has 2 aliphatic rings. The molecule has 126 valence electrons. The van der Waals surface area contributed by atoms with Gasteiger partial charge < -0.3 is 5.32 Å². The second-order valence-electron chi connectivity index (χ2n) is 6.63. The van der Waals surface area contributed by atoms with Gasteiger partial charge in [0.1, 0.15) is 5.69 Å². The van der Waals surface area contributed by atoms with Gasteiger partial charge in [-0.05, 0) is 24.5 Å². The van der Waals surface area contributed by atoms with E-state index in [0.717, 1.165) is 19.3 Å². The van der Waals surface area contributed by atoms with Crippen molar-refractivity contribution in [3.05, 3.63) is 53.9 Å². The lowest BCUT2D eigenvalue weighted by Crippen LogP contribution is -2.44. The molecule has 0 bridgehead atoms. The van der Waals surface area contributed by atoms with Crippen LogP contribution >= 0.6 is 0 Å². The molecule has 1 saturated carbocycles. The van der Waals surface area contributed by atoms with E-state index in [4.69, 9.17) is 0 Å². The van der Waals surface area contributed by atoms with Gasteiger partial charge in [0, 0.05) is 18.7 Å². The van der Waals surface area contributed by atoms with Crippen molar-refractivity contribution in [2.24, 2.45) is 0 Å². The Labute approximate surface area is 141 Å². The molecule has 1 aromatic heterocycles. The SMILES string of the molecule is O=C(NC1CC(c2ccccc2)NN1)c1ccn(C2CCCC2)n1. The molecule has 1 saturated heterocycles. The van der Waals surface area contributed by atoms with E-state index >= 15 is 0 Å². The Morgan fingerprint density at radius 2 is 1.92 bits per heavy atom. The van der Waals surface area contributed by atoms with E-state index in [-0.39, 0.29) is 18.1 Å². The van der Waals surface area contributed by atoms with Crippen LogP contribution in [0.3, 0.4) is 0 Å². The predicted molar refractivity (Wildman–Crippen MR) is 91.1 cm³/mol. The summed E-state index contributed by atoms with van der Waals surface area (Å²) < 4.78 is 1.95. The fourth-order valence-electron chi connectivity index (χ4n) is 3.62. The highest BCUT2D eigenvalue weighted by atomic mass is 16.2. The zero-order chi connectivity index (χ0) is 16.4. The molecule has 0 spiro atoms. The van der Waals surface area contributed by atoms with Crippen LogP contribution in [-0.4, -0.2) is 21.9 Å². The maximum absolute atomic E-state index is 12.4. The average molecular weight is 325 g/mol. The number of hydrazine groups is 1. The molecule has 2 fully saturated rings. The molecule has 3 N–H and O–H groups in total. The van der Waals surface area contributed by atoms with Crippen molar-refractivity contribution in [2.75, 3.05) is 0 Å². The number of hydrogen-bond acceptors (Lipinski definition) is 4. The number of nitrogens with zero attached hydrogens (tertiary/aromatic N) is 2. The maximum Gasteiger partial charge on any atom is 0.273 e. The molecule has 2 unspecified atom stereocenters. The van der Waals surface area contributed by atoms with Gasteiger partial charge in [-0.3, -0.25) is 9.48 Å². The quantitative estimate of drug-likeness (QED) is 0.807. The van der Waals surface area contributed by atoms with Crippen LogP contribution in [0.2, 0.25) is 0 Å².